The van der Waals surface area contributed by atoms with Crippen LogP contribution in [0.4, 0.5) is 0 Å². The van der Waals surface area contributed by atoms with Crippen LogP contribution in [0, 0.1) is 18.3 Å². The van der Waals surface area contributed by atoms with Gasteiger partial charge in [-0.15, -0.1) is 0 Å². The Kier molecular flexibility index (Phi) is 3.83. The second kappa shape index (κ2) is 5.36. The Labute approximate surface area is 115 Å². The molecule has 0 aliphatic rings. The van der Waals surface area contributed by atoms with Crippen molar-refractivity contribution < 1.29 is 0 Å². The maximum absolute atomic E-state index is 9.07. The predicted octanol–water partition coefficient (Wildman–Crippen LogP) is 4.16. The third-order valence-corrected chi connectivity index (χ3v) is 3.44. The molecule has 1 aromatic heterocycles. The molecule has 2 aromatic rings. The minimum absolute atomic E-state index is 0.159. The Morgan fingerprint density at radius 2 is 2.06 bits per heavy atom. The van der Waals surface area contributed by atoms with Crippen LogP contribution in [0.3, 0.4) is 0 Å². The number of aromatic amines is 1. The number of H-pyrrole nitrogens is 1. The molecule has 1 N–H and O–H groups in total. The summed E-state index contributed by atoms with van der Waals surface area (Å²) in [6, 6.07) is 10.3. The number of nitriles is 1. The van der Waals surface area contributed by atoms with Gasteiger partial charge in [-0.2, -0.15) is 5.26 Å². The summed E-state index contributed by atoms with van der Waals surface area (Å²) in [5, 5.41) is 9.07. The fourth-order valence-electron chi connectivity index (χ4n) is 1.88. The molecule has 3 nitrogen and oxygen atoms in total. The van der Waals surface area contributed by atoms with Crippen LogP contribution >= 0.6 is 15.9 Å². The lowest BCUT2D eigenvalue weighted by Gasteiger charge is -2.00. The largest absolute Gasteiger partial charge is 0.344 e. The lowest BCUT2D eigenvalue weighted by molar-refractivity contribution is 0.764. The Morgan fingerprint density at radius 3 is 2.61 bits per heavy atom. The Balaban J connectivity index is 2.41. The average molecular weight is 304 g/mol. The first-order chi connectivity index (χ1) is 8.65. The van der Waals surface area contributed by atoms with Crippen molar-refractivity contribution in [3.05, 3.63) is 40.3 Å². The number of hydrogen-bond donors (Lipinski definition) is 1. The summed E-state index contributed by atoms with van der Waals surface area (Å²) in [7, 11) is 0. The van der Waals surface area contributed by atoms with Crippen molar-refractivity contribution in [1.29, 1.82) is 5.26 Å². The Bertz CT molecular complexity index is 578. The Hall–Kier alpha value is -1.60. The van der Waals surface area contributed by atoms with Gasteiger partial charge in [0.2, 0.25) is 0 Å². The van der Waals surface area contributed by atoms with E-state index in [0.717, 1.165) is 33.7 Å². The van der Waals surface area contributed by atoms with Gasteiger partial charge in [-0.25, -0.2) is 4.98 Å². The van der Waals surface area contributed by atoms with E-state index in [1.54, 1.807) is 0 Å². The monoisotopic (exact) mass is 303 g/mol. The van der Waals surface area contributed by atoms with Gasteiger partial charge < -0.3 is 4.98 Å². The van der Waals surface area contributed by atoms with Crippen LogP contribution in [0.25, 0.3) is 11.3 Å². The third-order valence-electron chi connectivity index (χ3n) is 2.91. The highest BCUT2D eigenvalue weighted by Crippen LogP contribution is 2.26. The lowest BCUT2D eigenvalue weighted by atomic mass is 10.1. The number of hydrogen-bond acceptors (Lipinski definition) is 2. The van der Waals surface area contributed by atoms with Crippen LogP contribution in [0.2, 0.25) is 0 Å². The number of aryl methyl sites for hydroxylation is 1. The van der Waals surface area contributed by atoms with Crippen LogP contribution in [0.5, 0.6) is 0 Å². The quantitative estimate of drug-likeness (QED) is 0.925. The summed E-state index contributed by atoms with van der Waals surface area (Å²) in [6.07, 6.45) is 0.767. The van der Waals surface area contributed by atoms with E-state index in [0.29, 0.717) is 0 Å². The first kappa shape index (κ1) is 12.8. The van der Waals surface area contributed by atoms with Crippen LogP contribution in [-0.2, 0) is 0 Å². The van der Waals surface area contributed by atoms with E-state index in [1.807, 2.05) is 38.1 Å². The molecular formula is C14H14BrN3. The smallest absolute Gasteiger partial charge is 0.124 e. The van der Waals surface area contributed by atoms with Gasteiger partial charge in [-0.05, 0) is 25.5 Å². The minimum atomic E-state index is -0.159. The molecule has 0 spiro atoms. The van der Waals surface area contributed by atoms with Crippen molar-refractivity contribution in [3.63, 3.8) is 0 Å². The number of imidazole rings is 1. The Morgan fingerprint density at radius 1 is 1.39 bits per heavy atom. The molecule has 18 heavy (non-hydrogen) atoms. The van der Waals surface area contributed by atoms with Crippen molar-refractivity contribution in [1.82, 2.24) is 9.97 Å². The first-order valence-corrected chi connectivity index (χ1v) is 6.67. The molecule has 0 fully saturated rings. The summed E-state index contributed by atoms with van der Waals surface area (Å²) >= 11 is 3.42. The zero-order valence-electron chi connectivity index (χ0n) is 10.4. The van der Waals surface area contributed by atoms with Crippen molar-refractivity contribution in [2.24, 2.45) is 0 Å². The molecule has 0 amide bonds. The molecule has 1 atom stereocenters. The van der Waals surface area contributed by atoms with Crippen molar-refractivity contribution >= 4 is 15.9 Å². The van der Waals surface area contributed by atoms with Gasteiger partial charge in [0.25, 0.3) is 0 Å². The summed E-state index contributed by atoms with van der Waals surface area (Å²) in [4.78, 5) is 7.77. The molecule has 1 unspecified atom stereocenters. The topological polar surface area (TPSA) is 52.5 Å². The van der Waals surface area contributed by atoms with E-state index in [1.165, 1.54) is 0 Å². The number of nitrogens with zero attached hydrogens (tertiary/aromatic N) is 2. The zero-order valence-corrected chi connectivity index (χ0v) is 12.0. The van der Waals surface area contributed by atoms with Crippen molar-refractivity contribution in [3.8, 4) is 17.3 Å². The zero-order chi connectivity index (χ0) is 13.1. The first-order valence-electron chi connectivity index (χ1n) is 5.87. The van der Waals surface area contributed by atoms with E-state index in [2.05, 4.69) is 32.0 Å². The molecule has 4 heteroatoms. The van der Waals surface area contributed by atoms with Gasteiger partial charge in [-0.1, -0.05) is 35.0 Å². The SMILES string of the molecule is CCC(C#N)c1nc(-c2ccc(Br)cc2)c(C)[nH]1. The fraction of sp³-hybridized carbons (Fsp3) is 0.286. The predicted molar refractivity (Wildman–Crippen MR) is 75.1 cm³/mol. The van der Waals surface area contributed by atoms with Crippen LogP contribution in [0.15, 0.2) is 28.7 Å². The van der Waals surface area contributed by atoms with Crippen LogP contribution in [0.1, 0.15) is 30.8 Å². The maximum Gasteiger partial charge on any atom is 0.124 e. The van der Waals surface area contributed by atoms with Gasteiger partial charge in [0.05, 0.1) is 11.8 Å². The summed E-state index contributed by atoms with van der Waals surface area (Å²) in [5.41, 5.74) is 2.98. The van der Waals surface area contributed by atoms with E-state index < -0.39 is 0 Å². The number of halogens is 1. The second-order valence-corrected chi connectivity index (χ2v) is 5.11. The summed E-state index contributed by atoms with van der Waals surface area (Å²) in [5.74, 6) is 0.600. The molecule has 0 radical (unpaired) electrons. The van der Waals surface area contributed by atoms with Gasteiger partial charge >= 0.3 is 0 Å². The molecule has 1 heterocycles. The second-order valence-electron chi connectivity index (χ2n) is 4.19. The van der Waals surface area contributed by atoms with E-state index in [-0.39, 0.29) is 5.92 Å². The highest BCUT2D eigenvalue weighted by Gasteiger charge is 2.15. The van der Waals surface area contributed by atoms with E-state index in [9.17, 15) is 0 Å². The highest BCUT2D eigenvalue weighted by atomic mass is 79.9. The number of aromatic nitrogens is 2. The maximum atomic E-state index is 9.07. The molecule has 0 aliphatic carbocycles. The lowest BCUT2D eigenvalue weighted by Crippen LogP contribution is -1.96. The van der Waals surface area contributed by atoms with Crippen LogP contribution in [-0.4, -0.2) is 9.97 Å². The van der Waals surface area contributed by atoms with Gasteiger partial charge in [0, 0.05) is 15.7 Å². The van der Waals surface area contributed by atoms with Crippen molar-refractivity contribution in [2.45, 2.75) is 26.2 Å². The third kappa shape index (κ3) is 2.46. The standard InChI is InChI=1S/C14H14BrN3/c1-3-10(8-16)14-17-9(2)13(18-14)11-4-6-12(15)7-5-11/h4-7,10H,3H2,1-2H3,(H,17,18). The molecule has 0 saturated heterocycles. The highest BCUT2D eigenvalue weighted by molar-refractivity contribution is 9.10. The van der Waals surface area contributed by atoms with Crippen molar-refractivity contribution in [2.75, 3.05) is 0 Å². The molecule has 0 aliphatic heterocycles. The molecule has 92 valence electrons. The summed E-state index contributed by atoms with van der Waals surface area (Å²) in [6.45, 7) is 3.98. The minimum Gasteiger partial charge on any atom is -0.344 e. The number of nitrogens with one attached hydrogen (secondary N) is 1. The van der Waals surface area contributed by atoms with Gasteiger partial charge in [0.1, 0.15) is 11.7 Å². The summed E-state index contributed by atoms with van der Waals surface area (Å²) < 4.78 is 1.04. The van der Waals surface area contributed by atoms with E-state index >= 15 is 0 Å². The number of benzene rings is 1. The van der Waals surface area contributed by atoms with Gasteiger partial charge in [-0.3, -0.25) is 0 Å². The fourth-order valence-corrected chi connectivity index (χ4v) is 2.15. The van der Waals surface area contributed by atoms with Gasteiger partial charge in [0.15, 0.2) is 0 Å². The molecular weight excluding hydrogens is 290 g/mol. The molecule has 0 saturated carbocycles. The van der Waals surface area contributed by atoms with E-state index in [4.69, 9.17) is 5.26 Å². The molecule has 2 rings (SSSR count). The average Bonchev–Trinajstić information content (AvgIpc) is 2.74. The molecule has 1 aromatic carbocycles. The number of rotatable bonds is 3. The van der Waals surface area contributed by atoms with Crippen LogP contribution < -0.4 is 0 Å². The molecule has 0 bridgehead atoms. The normalized spacial score (nSPS) is 12.1.